The number of ether oxygens (including phenoxy) is 1. The van der Waals surface area contributed by atoms with Gasteiger partial charge in [0.15, 0.2) is 10.9 Å². The van der Waals surface area contributed by atoms with Crippen molar-refractivity contribution in [1.82, 2.24) is 10.2 Å². The summed E-state index contributed by atoms with van der Waals surface area (Å²) in [6.07, 6.45) is 0. The minimum absolute atomic E-state index is 0.0453. The second-order valence-electron chi connectivity index (χ2n) is 5.32. The van der Waals surface area contributed by atoms with Crippen molar-refractivity contribution < 1.29 is 9.53 Å². The van der Waals surface area contributed by atoms with E-state index in [1.807, 2.05) is 25.1 Å². The summed E-state index contributed by atoms with van der Waals surface area (Å²) in [5.41, 5.74) is 2.46. The highest BCUT2D eigenvalue weighted by molar-refractivity contribution is 8.01. The lowest BCUT2D eigenvalue weighted by molar-refractivity contribution is -0.118. The van der Waals surface area contributed by atoms with E-state index in [1.165, 1.54) is 22.5 Å². The van der Waals surface area contributed by atoms with E-state index in [9.17, 15) is 4.79 Å². The molecule has 0 fully saturated rings. The van der Waals surface area contributed by atoms with Crippen LogP contribution in [-0.4, -0.2) is 28.5 Å². The Labute approximate surface area is 144 Å². The van der Waals surface area contributed by atoms with Gasteiger partial charge in [-0.1, -0.05) is 49.9 Å². The van der Waals surface area contributed by atoms with Gasteiger partial charge in [-0.15, -0.1) is 10.2 Å². The molecule has 0 unspecified atom stereocenters. The van der Waals surface area contributed by atoms with Gasteiger partial charge in [0.2, 0.25) is 5.13 Å². The number of thioether (sulfide) groups is 1. The molecule has 1 N–H and O–H groups in total. The van der Waals surface area contributed by atoms with E-state index in [4.69, 9.17) is 4.74 Å². The second-order valence-corrected chi connectivity index (χ2v) is 7.80. The molecule has 5 nitrogen and oxygen atoms in total. The Kier molecular flexibility index (Phi) is 6.41. The fourth-order valence-electron chi connectivity index (χ4n) is 2.13. The Bertz CT molecular complexity index is 671. The first kappa shape index (κ1) is 17.7. The quantitative estimate of drug-likeness (QED) is 0.601. The maximum atomic E-state index is 11.9. The van der Waals surface area contributed by atoms with Crippen LogP contribution in [0.5, 0.6) is 5.75 Å². The number of nitrogens with zero attached hydrogens (tertiary/aromatic N) is 2. The van der Waals surface area contributed by atoms with Crippen LogP contribution < -0.4 is 10.1 Å². The zero-order valence-electron chi connectivity index (χ0n) is 13.8. The van der Waals surface area contributed by atoms with Gasteiger partial charge in [-0.05, 0) is 41.9 Å². The summed E-state index contributed by atoms with van der Waals surface area (Å²) in [6, 6.07) is 5.91. The summed E-state index contributed by atoms with van der Waals surface area (Å²) in [5.74, 6) is 1.86. The lowest BCUT2D eigenvalue weighted by atomic mass is 9.98. The van der Waals surface area contributed by atoms with Crippen molar-refractivity contribution in [3.63, 3.8) is 0 Å². The molecule has 0 aliphatic heterocycles. The zero-order valence-corrected chi connectivity index (χ0v) is 15.4. The first-order chi connectivity index (χ1) is 11.0. The Balaban J connectivity index is 1.87. The van der Waals surface area contributed by atoms with E-state index in [0.717, 1.165) is 10.1 Å². The van der Waals surface area contributed by atoms with Gasteiger partial charge in [0.25, 0.3) is 5.91 Å². The van der Waals surface area contributed by atoms with E-state index < -0.39 is 0 Å². The van der Waals surface area contributed by atoms with Crippen molar-refractivity contribution in [3.8, 4) is 5.75 Å². The normalized spacial score (nSPS) is 10.8. The van der Waals surface area contributed by atoms with Crippen LogP contribution in [0.3, 0.4) is 0 Å². The molecule has 124 valence electrons. The minimum Gasteiger partial charge on any atom is -0.484 e. The van der Waals surface area contributed by atoms with Crippen LogP contribution >= 0.6 is 23.1 Å². The number of hydrogen-bond acceptors (Lipinski definition) is 6. The van der Waals surface area contributed by atoms with Crippen molar-refractivity contribution >= 4 is 34.1 Å². The zero-order chi connectivity index (χ0) is 16.8. The first-order valence-corrected chi connectivity index (χ1v) is 9.29. The standard InChI is InChI=1S/C16H21N3O2S2/c1-5-22-16-19-18-15(23-16)17-14(20)9-21-12-6-7-13(10(2)3)11(4)8-12/h6-8,10H,5,9H2,1-4H3,(H,17,18,20). The molecule has 0 aliphatic carbocycles. The van der Waals surface area contributed by atoms with Gasteiger partial charge in [0.1, 0.15) is 5.75 Å². The van der Waals surface area contributed by atoms with E-state index in [0.29, 0.717) is 16.8 Å². The van der Waals surface area contributed by atoms with Gasteiger partial charge in [-0.25, -0.2) is 0 Å². The number of aromatic nitrogens is 2. The van der Waals surface area contributed by atoms with Gasteiger partial charge < -0.3 is 4.74 Å². The van der Waals surface area contributed by atoms with Crippen LogP contribution in [0.2, 0.25) is 0 Å². The number of hydrogen-bond donors (Lipinski definition) is 1. The fourth-order valence-corrected chi connectivity index (χ4v) is 3.80. The van der Waals surface area contributed by atoms with Crippen molar-refractivity contribution in [2.75, 3.05) is 17.7 Å². The lowest BCUT2D eigenvalue weighted by Gasteiger charge is -2.12. The molecule has 1 aromatic carbocycles. The Morgan fingerprint density at radius 2 is 2.17 bits per heavy atom. The van der Waals surface area contributed by atoms with Crippen molar-refractivity contribution in [2.24, 2.45) is 0 Å². The molecule has 1 amide bonds. The molecule has 2 aromatic rings. The molecule has 0 bridgehead atoms. The number of rotatable bonds is 7. The molecule has 7 heteroatoms. The van der Waals surface area contributed by atoms with Crippen LogP contribution in [0, 0.1) is 6.92 Å². The monoisotopic (exact) mass is 351 g/mol. The van der Waals surface area contributed by atoms with Crippen molar-refractivity contribution in [1.29, 1.82) is 0 Å². The van der Waals surface area contributed by atoms with E-state index in [2.05, 4.69) is 36.3 Å². The molecule has 1 aromatic heterocycles. The van der Waals surface area contributed by atoms with E-state index in [-0.39, 0.29) is 12.5 Å². The molecule has 0 spiro atoms. The highest BCUT2D eigenvalue weighted by atomic mass is 32.2. The van der Waals surface area contributed by atoms with Crippen LogP contribution in [0.4, 0.5) is 5.13 Å². The highest BCUT2D eigenvalue weighted by Crippen LogP contribution is 2.25. The van der Waals surface area contributed by atoms with Crippen LogP contribution in [0.25, 0.3) is 0 Å². The summed E-state index contributed by atoms with van der Waals surface area (Å²) in [6.45, 7) is 8.37. The van der Waals surface area contributed by atoms with Crippen LogP contribution in [0.15, 0.2) is 22.5 Å². The number of carbonyl (C=O) groups is 1. The number of anilines is 1. The molecule has 0 atom stereocenters. The average molecular weight is 351 g/mol. The molecular weight excluding hydrogens is 330 g/mol. The SMILES string of the molecule is CCSc1nnc(NC(=O)COc2ccc(C(C)C)c(C)c2)s1. The Morgan fingerprint density at radius 1 is 1.39 bits per heavy atom. The van der Waals surface area contributed by atoms with Gasteiger partial charge >= 0.3 is 0 Å². The molecule has 23 heavy (non-hydrogen) atoms. The summed E-state index contributed by atoms with van der Waals surface area (Å²) >= 11 is 2.97. The Hall–Kier alpha value is -1.60. The third kappa shape index (κ3) is 5.21. The number of nitrogens with one attached hydrogen (secondary N) is 1. The molecule has 0 aliphatic rings. The Morgan fingerprint density at radius 3 is 2.83 bits per heavy atom. The van der Waals surface area contributed by atoms with Crippen molar-refractivity contribution in [3.05, 3.63) is 29.3 Å². The van der Waals surface area contributed by atoms with E-state index in [1.54, 1.807) is 11.8 Å². The number of aryl methyl sites for hydroxylation is 1. The van der Waals surface area contributed by atoms with Gasteiger partial charge in [0.05, 0.1) is 0 Å². The molecule has 0 saturated carbocycles. The third-order valence-corrected chi connectivity index (χ3v) is 5.01. The maximum Gasteiger partial charge on any atom is 0.264 e. The molecule has 0 radical (unpaired) electrons. The van der Waals surface area contributed by atoms with Crippen molar-refractivity contribution in [2.45, 2.75) is 38.0 Å². The predicted octanol–water partition coefficient (Wildman–Crippen LogP) is 4.10. The maximum absolute atomic E-state index is 11.9. The number of amides is 1. The summed E-state index contributed by atoms with van der Waals surface area (Å²) < 4.78 is 6.40. The fraction of sp³-hybridized carbons (Fsp3) is 0.438. The largest absolute Gasteiger partial charge is 0.484 e. The lowest BCUT2D eigenvalue weighted by Crippen LogP contribution is -2.20. The smallest absolute Gasteiger partial charge is 0.264 e. The predicted molar refractivity (Wildman–Crippen MR) is 95.7 cm³/mol. The third-order valence-electron chi connectivity index (χ3n) is 3.15. The molecule has 2 rings (SSSR count). The second kappa shape index (κ2) is 8.31. The summed E-state index contributed by atoms with van der Waals surface area (Å²) in [5, 5.41) is 11.1. The van der Waals surface area contributed by atoms with E-state index >= 15 is 0 Å². The first-order valence-electron chi connectivity index (χ1n) is 7.49. The van der Waals surface area contributed by atoms with Gasteiger partial charge in [-0.3, -0.25) is 10.1 Å². The number of benzene rings is 1. The number of carbonyl (C=O) groups excluding carboxylic acids is 1. The average Bonchev–Trinajstić information content (AvgIpc) is 2.92. The molecule has 0 saturated heterocycles. The summed E-state index contributed by atoms with van der Waals surface area (Å²) in [4.78, 5) is 11.9. The van der Waals surface area contributed by atoms with Crippen LogP contribution in [0.1, 0.15) is 37.8 Å². The highest BCUT2D eigenvalue weighted by Gasteiger charge is 2.10. The van der Waals surface area contributed by atoms with Crippen LogP contribution in [-0.2, 0) is 4.79 Å². The van der Waals surface area contributed by atoms with Gasteiger partial charge in [-0.2, -0.15) is 0 Å². The topological polar surface area (TPSA) is 64.1 Å². The summed E-state index contributed by atoms with van der Waals surface area (Å²) in [7, 11) is 0. The molecule has 1 heterocycles. The van der Waals surface area contributed by atoms with Gasteiger partial charge in [0, 0.05) is 0 Å². The molecular formula is C16H21N3O2S2. The minimum atomic E-state index is -0.236.